The number of rotatable bonds is 1. The number of nitrogens with zero attached hydrogens (tertiary/aromatic N) is 1. The average Bonchev–Trinajstić information content (AvgIpc) is 2.05. The van der Waals surface area contributed by atoms with Crippen molar-refractivity contribution in [3.63, 3.8) is 0 Å². The normalized spacial score (nSPS) is 21.6. The van der Waals surface area contributed by atoms with Crippen LogP contribution in [-0.2, 0) is 7.86 Å². The van der Waals surface area contributed by atoms with Crippen LogP contribution in [0.2, 0.25) is 0 Å². The van der Waals surface area contributed by atoms with Gasteiger partial charge in [0.15, 0.2) is 23.0 Å². The molecule has 0 spiro atoms. The first kappa shape index (κ1) is 9.25. The number of halogens is 1. The molecule has 4 heteroatoms. The van der Waals surface area contributed by atoms with E-state index in [1.54, 1.807) is 23.0 Å². The lowest BCUT2D eigenvalue weighted by molar-refractivity contribution is -0.137. The van der Waals surface area contributed by atoms with Crippen LogP contribution in [0.15, 0.2) is 0 Å². The number of carbonyl (C=O) groups excluding carboxylic acids is 1. The Kier molecular flexibility index (Phi) is 3.58. The number of hydrogen-bond donors (Lipinski definition) is 0. The molecule has 64 valence electrons. The first-order valence-corrected chi connectivity index (χ1v) is 4.63. The highest BCUT2D eigenvalue weighted by Crippen LogP contribution is 2.18. The Morgan fingerprint density at radius 1 is 1.55 bits per heavy atom. The van der Waals surface area contributed by atoms with Gasteiger partial charge in [0.2, 0.25) is 0 Å². The van der Waals surface area contributed by atoms with Gasteiger partial charge in [0.1, 0.15) is 0 Å². The van der Waals surface area contributed by atoms with E-state index in [4.69, 9.17) is 0 Å². The molecule has 1 aliphatic rings. The van der Waals surface area contributed by atoms with E-state index in [2.05, 4.69) is 15.0 Å². The Hall–Kier alpha value is 0.160. The lowest BCUT2D eigenvalue weighted by Crippen LogP contribution is -2.33. The molecule has 1 saturated heterocycles. The SMILES string of the molecule is CN1CCC(C(=O)OI)CC1. The van der Waals surface area contributed by atoms with E-state index in [-0.39, 0.29) is 11.9 Å². The lowest BCUT2D eigenvalue weighted by atomic mass is 9.98. The summed E-state index contributed by atoms with van der Waals surface area (Å²) in [5.74, 6) is 0.0850. The molecule has 1 heterocycles. The van der Waals surface area contributed by atoms with Crippen molar-refractivity contribution in [1.29, 1.82) is 0 Å². The molecule has 0 radical (unpaired) electrons. The maximum Gasteiger partial charge on any atom is 0.318 e. The van der Waals surface area contributed by atoms with Crippen LogP contribution < -0.4 is 0 Å². The van der Waals surface area contributed by atoms with Gasteiger partial charge in [0.05, 0.1) is 5.92 Å². The van der Waals surface area contributed by atoms with Crippen molar-refractivity contribution in [2.75, 3.05) is 20.1 Å². The number of carbonyl (C=O) groups is 1. The third-order valence-corrected chi connectivity index (χ3v) is 2.56. The highest BCUT2D eigenvalue weighted by molar-refractivity contribution is 14.1. The topological polar surface area (TPSA) is 29.5 Å². The minimum absolute atomic E-state index is 0.0568. The molecule has 1 fully saturated rings. The zero-order valence-electron chi connectivity index (χ0n) is 6.55. The van der Waals surface area contributed by atoms with Crippen LogP contribution in [-0.4, -0.2) is 31.0 Å². The van der Waals surface area contributed by atoms with Crippen molar-refractivity contribution in [3.05, 3.63) is 0 Å². The fourth-order valence-corrected chi connectivity index (χ4v) is 1.67. The molecule has 0 aliphatic carbocycles. The Bertz CT molecular complexity index is 143. The smallest absolute Gasteiger partial charge is 0.318 e. The van der Waals surface area contributed by atoms with Gasteiger partial charge in [0.25, 0.3) is 0 Å². The predicted molar refractivity (Wildman–Crippen MR) is 50.3 cm³/mol. The summed E-state index contributed by atoms with van der Waals surface area (Å²) in [5.41, 5.74) is 0. The molecule has 3 nitrogen and oxygen atoms in total. The zero-order valence-corrected chi connectivity index (χ0v) is 8.70. The van der Waals surface area contributed by atoms with Crippen LogP contribution in [0.25, 0.3) is 0 Å². The summed E-state index contributed by atoms with van der Waals surface area (Å²) in [4.78, 5) is 13.3. The minimum Gasteiger partial charge on any atom is -0.394 e. The maximum absolute atomic E-state index is 11.0. The van der Waals surface area contributed by atoms with Gasteiger partial charge in [-0.15, -0.1) is 0 Å². The Balaban J connectivity index is 2.33. The van der Waals surface area contributed by atoms with Crippen LogP contribution in [0.3, 0.4) is 0 Å². The molecular weight excluding hydrogens is 257 g/mol. The van der Waals surface area contributed by atoms with Gasteiger partial charge in [-0.1, -0.05) is 0 Å². The van der Waals surface area contributed by atoms with Gasteiger partial charge in [-0.25, -0.2) is 0 Å². The summed E-state index contributed by atoms with van der Waals surface area (Å²) in [6.07, 6.45) is 1.89. The van der Waals surface area contributed by atoms with E-state index in [0.717, 1.165) is 25.9 Å². The van der Waals surface area contributed by atoms with Crippen molar-refractivity contribution in [2.24, 2.45) is 5.92 Å². The van der Waals surface area contributed by atoms with Crippen LogP contribution in [0.1, 0.15) is 12.8 Å². The summed E-state index contributed by atoms with van der Waals surface area (Å²) in [6.45, 7) is 2.02. The fourth-order valence-electron chi connectivity index (χ4n) is 1.31. The number of likely N-dealkylation sites (tertiary alicyclic amines) is 1. The Labute approximate surface area is 80.8 Å². The third-order valence-electron chi connectivity index (χ3n) is 2.13. The molecule has 0 saturated carbocycles. The second kappa shape index (κ2) is 4.25. The van der Waals surface area contributed by atoms with Crippen molar-refractivity contribution in [1.82, 2.24) is 4.90 Å². The van der Waals surface area contributed by atoms with E-state index in [9.17, 15) is 4.79 Å². The molecule has 1 aliphatic heterocycles. The molecule has 0 N–H and O–H groups in total. The minimum atomic E-state index is -0.0568. The van der Waals surface area contributed by atoms with Gasteiger partial charge >= 0.3 is 5.97 Å². The van der Waals surface area contributed by atoms with Gasteiger partial charge in [-0.05, 0) is 33.0 Å². The van der Waals surface area contributed by atoms with Crippen molar-refractivity contribution >= 4 is 29.0 Å². The zero-order chi connectivity index (χ0) is 8.27. The van der Waals surface area contributed by atoms with E-state index < -0.39 is 0 Å². The van der Waals surface area contributed by atoms with Crippen LogP contribution in [0, 0.1) is 5.92 Å². The van der Waals surface area contributed by atoms with Crippen molar-refractivity contribution in [2.45, 2.75) is 12.8 Å². The predicted octanol–water partition coefficient (Wildman–Crippen LogP) is 1.22. The van der Waals surface area contributed by atoms with Gasteiger partial charge in [-0.2, -0.15) is 0 Å². The van der Waals surface area contributed by atoms with Crippen LogP contribution in [0.4, 0.5) is 0 Å². The monoisotopic (exact) mass is 269 g/mol. The standard InChI is InChI=1S/C7H12INO2/c1-9-4-2-6(3-5-9)7(10)11-8/h6H,2-5H2,1H3. The molecule has 11 heavy (non-hydrogen) atoms. The highest BCUT2D eigenvalue weighted by atomic mass is 127. The summed E-state index contributed by atoms with van der Waals surface area (Å²) in [5, 5.41) is 0. The molecule has 0 aromatic carbocycles. The quantitative estimate of drug-likeness (QED) is 0.670. The van der Waals surface area contributed by atoms with Crippen molar-refractivity contribution in [3.8, 4) is 0 Å². The lowest BCUT2D eigenvalue weighted by Gasteiger charge is -2.26. The summed E-state index contributed by atoms with van der Waals surface area (Å²) in [7, 11) is 2.08. The molecule has 0 aromatic heterocycles. The second-order valence-corrected chi connectivity index (χ2v) is 3.41. The number of hydrogen-bond acceptors (Lipinski definition) is 3. The maximum atomic E-state index is 11.0. The molecular formula is C7H12INO2. The molecule has 0 atom stereocenters. The largest absolute Gasteiger partial charge is 0.394 e. The van der Waals surface area contributed by atoms with E-state index in [1.165, 1.54) is 0 Å². The van der Waals surface area contributed by atoms with Gasteiger partial charge in [-0.3, -0.25) is 4.79 Å². The molecule has 0 aromatic rings. The first-order valence-electron chi connectivity index (χ1n) is 3.75. The van der Waals surface area contributed by atoms with Crippen LogP contribution >= 0.6 is 23.0 Å². The summed E-state index contributed by atoms with van der Waals surface area (Å²) in [6, 6.07) is 0. The van der Waals surface area contributed by atoms with Gasteiger partial charge < -0.3 is 7.97 Å². The fraction of sp³-hybridized carbons (Fsp3) is 0.857. The Morgan fingerprint density at radius 2 is 2.09 bits per heavy atom. The number of piperidine rings is 1. The van der Waals surface area contributed by atoms with Gasteiger partial charge in [0, 0.05) is 0 Å². The highest BCUT2D eigenvalue weighted by Gasteiger charge is 2.23. The third kappa shape index (κ3) is 2.59. The summed E-state index contributed by atoms with van der Waals surface area (Å²) < 4.78 is 4.64. The summed E-state index contributed by atoms with van der Waals surface area (Å²) >= 11 is 1.66. The Morgan fingerprint density at radius 3 is 2.55 bits per heavy atom. The second-order valence-electron chi connectivity index (χ2n) is 2.97. The average molecular weight is 269 g/mol. The van der Waals surface area contributed by atoms with E-state index in [1.807, 2.05) is 0 Å². The van der Waals surface area contributed by atoms with E-state index >= 15 is 0 Å². The molecule has 1 rings (SSSR count). The first-order chi connectivity index (χ1) is 5.24. The molecule has 0 bridgehead atoms. The molecule has 0 amide bonds. The van der Waals surface area contributed by atoms with Crippen molar-refractivity contribution < 1.29 is 7.86 Å². The van der Waals surface area contributed by atoms with Crippen LogP contribution in [0.5, 0.6) is 0 Å². The van der Waals surface area contributed by atoms with E-state index in [0.29, 0.717) is 0 Å². The molecule has 0 unspecified atom stereocenters.